The minimum absolute atomic E-state index is 0.667. The van der Waals surface area contributed by atoms with Crippen LogP contribution in [0.4, 0.5) is 11.8 Å². The van der Waals surface area contributed by atoms with Gasteiger partial charge in [-0.3, -0.25) is 0 Å². The summed E-state index contributed by atoms with van der Waals surface area (Å²) < 4.78 is 5.24. The van der Waals surface area contributed by atoms with Gasteiger partial charge in [0.2, 0.25) is 5.95 Å². The van der Waals surface area contributed by atoms with Crippen LogP contribution in [-0.4, -0.2) is 55.7 Å². The van der Waals surface area contributed by atoms with Crippen molar-refractivity contribution in [3.05, 3.63) is 42.1 Å². The van der Waals surface area contributed by atoms with Gasteiger partial charge in [-0.25, -0.2) is 4.98 Å². The van der Waals surface area contributed by atoms with Crippen LogP contribution in [0.15, 0.2) is 36.5 Å². The lowest BCUT2D eigenvalue weighted by Gasteiger charge is -2.11. The van der Waals surface area contributed by atoms with Gasteiger partial charge in [-0.05, 0) is 57.2 Å². The highest BCUT2D eigenvalue weighted by atomic mass is 16.5. The summed E-state index contributed by atoms with van der Waals surface area (Å²) in [6, 6.07) is 10.0. The predicted molar refractivity (Wildman–Crippen MR) is 98.9 cm³/mol. The summed E-state index contributed by atoms with van der Waals surface area (Å²) in [4.78, 5) is 10.9. The molecule has 0 saturated heterocycles. The van der Waals surface area contributed by atoms with Crippen LogP contribution >= 0.6 is 0 Å². The Labute approximate surface area is 144 Å². The van der Waals surface area contributed by atoms with Crippen molar-refractivity contribution < 1.29 is 4.74 Å². The van der Waals surface area contributed by atoms with E-state index in [0.29, 0.717) is 5.95 Å². The van der Waals surface area contributed by atoms with Crippen LogP contribution < -0.4 is 15.4 Å². The van der Waals surface area contributed by atoms with E-state index in [4.69, 9.17) is 4.74 Å². The van der Waals surface area contributed by atoms with E-state index in [-0.39, 0.29) is 0 Å². The van der Waals surface area contributed by atoms with Crippen molar-refractivity contribution in [2.24, 2.45) is 0 Å². The summed E-state index contributed by atoms with van der Waals surface area (Å²) in [6.07, 6.45) is 3.74. The molecule has 2 N–H and O–H groups in total. The molecule has 0 amide bonds. The normalized spacial score (nSPS) is 10.7. The molecule has 2 aromatic rings. The number of methoxy groups -OCH3 is 1. The van der Waals surface area contributed by atoms with E-state index in [1.807, 2.05) is 18.2 Å². The summed E-state index contributed by atoms with van der Waals surface area (Å²) in [7, 11) is 5.83. The van der Waals surface area contributed by atoms with Gasteiger partial charge in [-0.1, -0.05) is 12.1 Å². The van der Waals surface area contributed by atoms with Crippen molar-refractivity contribution in [1.82, 2.24) is 14.9 Å². The van der Waals surface area contributed by atoms with Crippen molar-refractivity contribution in [2.75, 3.05) is 51.5 Å². The summed E-state index contributed by atoms with van der Waals surface area (Å²) in [5, 5.41) is 6.60. The lowest BCUT2D eigenvalue weighted by Crippen LogP contribution is -2.17. The molecule has 0 aliphatic rings. The van der Waals surface area contributed by atoms with Crippen LogP contribution in [0.1, 0.15) is 12.0 Å². The van der Waals surface area contributed by atoms with Crippen LogP contribution in [0.2, 0.25) is 0 Å². The van der Waals surface area contributed by atoms with Crippen LogP contribution in [0.25, 0.3) is 0 Å². The second-order valence-corrected chi connectivity index (χ2v) is 5.88. The molecule has 6 nitrogen and oxygen atoms in total. The summed E-state index contributed by atoms with van der Waals surface area (Å²) in [6.45, 7) is 2.72. The first-order valence-electron chi connectivity index (χ1n) is 8.26. The Bertz CT molecular complexity index is 618. The van der Waals surface area contributed by atoms with E-state index in [1.165, 1.54) is 5.56 Å². The zero-order valence-corrected chi connectivity index (χ0v) is 14.7. The summed E-state index contributed by atoms with van der Waals surface area (Å²) in [5.41, 5.74) is 1.23. The van der Waals surface area contributed by atoms with Gasteiger partial charge < -0.3 is 20.3 Å². The van der Waals surface area contributed by atoms with Crippen LogP contribution in [0.3, 0.4) is 0 Å². The monoisotopic (exact) mass is 329 g/mol. The van der Waals surface area contributed by atoms with E-state index >= 15 is 0 Å². The number of aromatic nitrogens is 2. The van der Waals surface area contributed by atoms with Crippen molar-refractivity contribution in [3.63, 3.8) is 0 Å². The fourth-order valence-corrected chi connectivity index (χ4v) is 2.30. The molecular formula is C18H27N5O. The molecule has 0 radical (unpaired) electrons. The molecule has 1 heterocycles. The van der Waals surface area contributed by atoms with E-state index in [0.717, 1.165) is 44.0 Å². The largest absolute Gasteiger partial charge is 0.497 e. The number of nitrogens with one attached hydrogen (secondary N) is 2. The second kappa shape index (κ2) is 9.72. The molecule has 0 bridgehead atoms. The quantitative estimate of drug-likeness (QED) is 0.653. The van der Waals surface area contributed by atoms with Crippen LogP contribution in [-0.2, 0) is 6.42 Å². The smallest absolute Gasteiger partial charge is 0.224 e. The zero-order chi connectivity index (χ0) is 17.2. The summed E-state index contributed by atoms with van der Waals surface area (Å²) >= 11 is 0. The highest BCUT2D eigenvalue weighted by Crippen LogP contribution is 2.13. The predicted octanol–water partition coefficient (Wildman–Crippen LogP) is 2.50. The number of benzene rings is 1. The average Bonchev–Trinajstić information content (AvgIpc) is 2.59. The second-order valence-electron chi connectivity index (χ2n) is 5.88. The minimum atomic E-state index is 0.667. The zero-order valence-electron chi connectivity index (χ0n) is 14.7. The molecule has 0 atom stereocenters. The van der Waals surface area contributed by atoms with Crippen molar-refractivity contribution in [3.8, 4) is 5.75 Å². The number of anilines is 2. The molecule has 0 spiro atoms. The van der Waals surface area contributed by atoms with Crippen molar-refractivity contribution in [1.29, 1.82) is 0 Å². The Hall–Kier alpha value is -2.34. The molecule has 0 aliphatic carbocycles. The third-order valence-corrected chi connectivity index (χ3v) is 3.57. The van der Waals surface area contributed by atoms with Crippen molar-refractivity contribution in [2.45, 2.75) is 12.8 Å². The highest BCUT2D eigenvalue weighted by Gasteiger charge is 2.00. The molecule has 0 fully saturated rings. The Morgan fingerprint density at radius 1 is 1.12 bits per heavy atom. The van der Waals surface area contributed by atoms with Crippen molar-refractivity contribution >= 4 is 11.8 Å². The lowest BCUT2D eigenvalue weighted by molar-refractivity contribution is 0.405. The Morgan fingerprint density at radius 3 is 2.79 bits per heavy atom. The number of hydrogen-bond donors (Lipinski definition) is 2. The minimum Gasteiger partial charge on any atom is -0.497 e. The van der Waals surface area contributed by atoms with Gasteiger partial charge in [0, 0.05) is 19.3 Å². The van der Waals surface area contributed by atoms with Gasteiger partial charge >= 0.3 is 0 Å². The Balaban J connectivity index is 1.77. The molecule has 24 heavy (non-hydrogen) atoms. The molecule has 0 saturated carbocycles. The molecule has 2 rings (SSSR count). The molecule has 6 heteroatoms. The maximum atomic E-state index is 5.24. The van der Waals surface area contributed by atoms with Gasteiger partial charge in [-0.15, -0.1) is 0 Å². The maximum Gasteiger partial charge on any atom is 0.224 e. The van der Waals surface area contributed by atoms with Crippen LogP contribution in [0, 0.1) is 0 Å². The van der Waals surface area contributed by atoms with Gasteiger partial charge in [0.15, 0.2) is 0 Å². The average molecular weight is 329 g/mol. The summed E-state index contributed by atoms with van der Waals surface area (Å²) in [5.74, 6) is 2.39. The van der Waals surface area contributed by atoms with Gasteiger partial charge in [-0.2, -0.15) is 4.98 Å². The molecule has 1 aromatic carbocycles. The standard InChI is InChI=1S/C18H27N5O/c1-23(2)13-5-10-20-18-21-12-9-17(22-18)19-11-8-15-6-4-7-16(14-15)24-3/h4,6-7,9,12,14H,5,8,10-11,13H2,1-3H3,(H2,19,20,21,22). The Morgan fingerprint density at radius 2 is 2.00 bits per heavy atom. The first-order valence-corrected chi connectivity index (χ1v) is 8.26. The number of nitrogens with zero attached hydrogens (tertiary/aromatic N) is 3. The van der Waals surface area contributed by atoms with E-state index in [2.05, 4.69) is 51.7 Å². The topological polar surface area (TPSA) is 62.3 Å². The fraction of sp³-hybridized carbons (Fsp3) is 0.444. The van der Waals surface area contributed by atoms with Gasteiger partial charge in [0.25, 0.3) is 0 Å². The first kappa shape index (κ1) is 18.0. The van der Waals surface area contributed by atoms with E-state index in [1.54, 1.807) is 13.3 Å². The molecule has 130 valence electrons. The molecular weight excluding hydrogens is 302 g/mol. The van der Waals surface area contributed by atoms with Crippen LogP contribution in [0.5, 0.6) is 5.75 Å². The SMILES string of the molecule is COc1cccc(CCNc2ccnc(NCCCN(C)C)n2)c1. The maximum absolute atomic E-state index is 5.24. The number of ether oxygens (including phenoxy) is 1. The first-order chi connectivity index (χ1) is 11.7. The molecule has 0 unspecified atom stereocenters. The van der Waals surface area contributed by atoms with E-state index < -0.39 is 0 Å². The van der Waals surface area contributed by atoms with Gasteiger partial charge in [0.05, 0.1) is 7.11 Å². The fourth-order valence-electron chi connectivity index (χ4n) is 2.30. The Kier molecular flexibility index (Phi) is 7.29. The molecule has 1 aromatic heterocycles. The third kappa shape index (κ3) is 6.42. The lowest BCUT2D eigenvalue weighted by atomic mass is 10.1. The number of rotatable bonds is 10. The number of hydrogen-bond acceptors (Lipinski definition) is 6. The third-order valence-electron chi connectivity index (χ3n) is 3.57. The highest BCUT2D eigenvalue weighted by molar-refractivity contribution is 5.39. The van der Waals surface area contributed by atoms with E-state index in [9.17, 15) is 0 Å². The molecule has 0 aliphatic heterocycles. The van der Waals surface area contributed by atoms with Gasteiger partial charge in [0.1, 0.15) is 11.6 Å².